The predicted octanol–water partition coefficient (Wildman–Crippen LogP) is -2.05. The molecule has 14 heavy (non-hydrogen) atoms. The Morgan fingerprint density at radius 3 is 2.79 bits per heavy atom. The minimum atomic E-state index is -1.21. The van der Waals surface area contributed by atoms with Gasteiger partial charge in [0.25, 0.3) is 5.56 Å². The van der Waals surface area contributed by atoms with Gasteiger partial charge in [-0.1, -0.05) is 0 Å². The fraction of sp³-hybridized carbons (Fsp3) is 0.286. The number of hydrogen-bond donors (Lipinski definition) is 3. The summed E-state index contributed by atoms with van der Waals surface area (Å²) < 4.78 is 1.03. The maximum Gasteiger partial charge on any atom is 0.328 e. The van der Waals surface area contributed by atoms with Gasteiger partial charge in [0.2, 0.25) is 0 Å². The quantitative estimate of drug-likeness (QED) is 0.517. The highest BCUT2D eigenvalue weighted by molar-refractivity contribution is 5.72. The Balaban J connectivity index is 2.93. The van der Waals surface area contributed by atoms with Crippen LogP contribution < -0.4 is 17.0 Å². The number of H-pyrrole nitrogens is 1. The summed E-state index contributed by atoms with van der Waals surface area (Å²) in [6.45, 7) is -0.176. The molecule has 7 nitrogen and oxygen atoms in total. The molecule has 0 saturated carbocycles. The van der Waals surface area contributed by atoms with E-state index in [9.17, 15) is 14.4 Å². The molecular formula is C7H9N3O4. The lowest BCUT2D eigenvalue weighted by atomic mass is 10.3. The fourth-order valence-electron chi connectivity index (χ4n) is 0.878. The van der Waals surface area contributed by atoms with Gasteiger partial charge >= 0.3 is 11.7 Å². The van der Waals surface area contributed by atoms with Gasteiger partial charge in [-0.05, 0) is 0 Å². The first-order valence-corrected chi connectivity index (χ1v) is 3.79. The van der Waals surface area contributed by atoms with E-state index in [1.165, 1.54) is 6.20 Å². The van der Waals surface area contributed by atoms with Crippen molar-refractivity contribution in [2.24, 2.45) is 5.73 Å². The fourth-order valence-corrected chi connectivity index (χ4v) is 0.878. The van der Waals surface area contributed by atoms with Gasteiger partial charge in [0, 0.05) is 12.3 Å². The van der Waals surface area contributed by atoms with E-state index in [1.54, 1.807) is 0 Å². The molecule has 0 aromatic carbocycles. The summed E-state index contributed by atoms with van der Waals surface area (Å²) in [6.07, 6.45) is 1.20. The molecule has 0 aliphatic carbocycles. The number of hydrogen-bond acceptors (Lipinski definition) is 4. The Kier molecular flexibility index (Phi) is 2.82. The van der Waals surface area contributed by atoms with Gasteiger partial charge in [-0.2, -0.15) is 0 Å². The van der Waals surface area contributed by atoms with E-state index in [2.05, 4.69) is 0 Å². The summed E-state index contributed by atoms with van der Waals surface area (Å²) in [7, 11) is 0. The van der Waals surface area contributed by atoms with Crippen molar-refractivity contribution in [2.75, 3.05) is 0 Å². The normalized spacial score (nSPS) is 12.4. The van der Waals surface area contributed by atoms with Gasteiger partial charge < -0.3 is 10.8 Å². The second-order valence-corrected chi connectivity index (χ2v) is 2.71. The molecule has 1 atom stereocenters. The first-order valence-electron chi connectivity index (χ1n) is 3.79. The predicted molar refractivity (Wildman–Crippen MR) is 46.9 cm³/mol. The molecule has 0 amide bonds. The first-order chi connectivity index (χ1) is 6.50. The van der Waals surface area contributed by atoms with E-state index in [1.807, 2.05) is 4.98 Å². The highest BCUT2D eigenvalue weighted by Gasteiger charge is 2.12. The van der Waals surface area contributed by atoms with Gasteiger partial charge in [0.15, 0.2) is 0 Å². The van der Waals surface area contributed by atoms with E-state index in [0.29, 0.717) is 0 Å². The zero-order valence-corrected chi connectivity index (χ0v) is 7.14. The molecule has 0 aliphatic heterocycles. The van der Waals surface area contributed by atoms with Crippen LogP contribution in [0, 0.1) is 0 Å². The lowest BCUT2D eigenvalue weighted by Gasteiger charge is -2.07. The van der Waals surface area contributed by atoms with Crippen LogP contribution in [0.4, 0.5) is 0 Å². The van der Waals surface area contributed by atoms with Crippen molar-refractivity contribution in [2.45, 2.75) is 12.6 Å². The Morgan fingerprint density at radius 1 is 1.64 bits per heavy atom. The number of aromatic nitrogens is 2. The lowest BCUT2D eigenvalue weighted by Crippen LogP contribution is -2.39. The molecule has 0 unspecified atom stereocenters. The van der Waals surface area contributed by atoms with Gasteiger partial charge in [0.05, 0.1) is 6.54 Å². The minimum absolute atomic E-state index is 0.176. The summed E-state index contributed by atoms with van der Waals surface area (Å²) in [4.78, 5) is 34.1. The van der Waals surface area contributed by atoms with Gasteiger partial charge in [0.1, 0.15) is 6.04 Å². The van der Waals surface area contributed by atoms with Crippen molar-refractivity contribution in [3.05, 3.63) is 33.1 Å². The number of aliphatic carboxylic acids is 1. The molecule has 0 aliphatic rings. The van der Waals surface area contributed by atoms with Crippen molar-refractivity contribution < 1.29 is 9.90 Å². The first kappa shape index (κ1) is 10.2. The summed E-state index contributed by atoms with van der Waals surface area (Å²) in [6, 6.07) is -0.0470. The molecule has 4 N–H and O–H groups in total. The minimum Gasteiger partial charge on any atom is -0.480 e. The molecule has 7 heteroatoms. The van der Waals surface area contributed by atoms with Crippen LogP contribution >= 0.6 is 0 Å². The Bertz CT molecular complexity index is 447. The molecule has 0 bridgehead atoms. The van der Waals surface area contributed by atoms with Gasteiger partial charge in [-0.25, -0.2) is 4.79 Å². The number of carboxylic acids is 1. The van der Waals surface area contributed by atoms with Crippen LogP contribution in [0.2, 0.25) is 0 Å². The zero-order valence-electron chi connectivity index (χ0n) is 7.14. The lowest BCUT2D eigenvalue weighted by molar-refractivity contribution is -0.138. The number of nitrogens with one attached hydrogen (secondary N) is 1. The molecule has 1 aromatic heterocycles. The third-order valence-corrected chi connectivity index (χ3v) is 1.61. The van der Waals surface area contributed by atoms with Crippen molar-refractivity contribution in [1.29, 1.82) is 0 Å². The van der Waals surface area contributed by atoms with Gasteiger partial charge in [-0.3, -0.25) is 19.1 Å². The summed E-state index contributed by atoms with van der Waals surface area (Å²) >= 11 is 0. The van der Waals surface area contributed by atoms with Crippen molar-refractivity contribution in [3.8, 4) is 0 Å². The molecule has 1 rings (SSSR count). The van der Waals surface area contributed by atoms with Crippen LogP contribution in [0.1, 0.15) is 0 Å². The maximum atomic E-state index is 11.1. The average molecular weight is 199 g/mol. The molecule has 76 valence electrons. The molecule has 0 fully saturated rings. The second kappa shape index (κ2) is 3.88. The number of nitrogens with two attached hydrogens (primary N) is 1. The molecule has 1 heterocycles. The van der Waals surface area contributed by atoms with Crippen molar-refractivity contribution in [3.63, 3.8) is 0 Å². The number of aromatic amines is 1. The average Bonchev–Trinajstić information content (AvgIpc) is 2.09. The molecule has 0 saturated heterocycles. The van der Waals surface area contributed by atoms with Crippen molar-refractivity contribution in [1.82, 2.24) is 9.55 Å². The Labute approximate surface area is 77.8 Å². The van der Waals surface area contributed by atoms with E-state index < -0.39 is 23.3 Å². The third-order valence-electron chi connectivity index (χ3n) is 1.61. The van der Waals surface area contributed by atoms with Crippen LogP contribution in [-0.4, -0.2) is 26.7 Å². The standard InChI is InChI=1S/C7H9N3O4/c8-4(6(12)13)3-10-2-1-5(11)9-7(10)14/h1-2,4H,3,8H2,(H,12,13)(H,9,11,14)/t4-/m0/s1. The van der Waals surface area contributed by atoms with E-state index >= 15 is 0 Å². The zero-order chi connectivity index (χ0) is 10.7. The SMILES string of the molecule is N[C@@H](Cn1ccc(=O)[nH]c1=O)C(=O)O. The Morgan fingerprint density at radius 2 is 2.29 bits per heavy atom. The van der Waals surface area contributed by atoms with Crippen LogP contribution in [-0.2, 0) is 11.3 Å². The smallest absolute Gasteiger partial charge is 0.328 e. The van der Waals surface area contributed by atoms with Crippen LogP contribution in [0.3, 0.4) is 0 Å². The number of rotatable bonds is 3. The number of carboxylic acid groups (broad SMARTS) is 1. The maximum absolute atomic E-state index is 11.1. The number of carbonyl (C=O) groups is 1. The van der Waals surface area contributed by atoms with Crippen molar-refractivity contribution >= 4 is 5.97 Å². The van der Waals surface area contributed by atoms with E-state index in [-0.39, 0.29) is 6.54 Å². The van der Waals surface area contributed by atoms with E-state index in [0.717, 1.165) is 10.6 Å². The third kappa shape index (κ3) is 2.30. The molecule has 0 radical (unpaired) electrons. The largest absolute Gasteiger partial charge is 0.480 e. The monoisotopic (exact) mass is 199 g/mol. The number of nitrogens with zero attached hydrogens (tertiary/aromatic N) is 1. The summed E-state index contributed by atoms with van der Waals surface area (Å²) in [5.74, 6) is -1.21. The summed E-state index contributed by atoms with van der Waals surface area (Å²) in [5, 5.41) is 8.48. The van der Waals surface area contributed by atoms with Crippen LogP contribution in [0.15, 0.2) is 21.9 Å². The van der Waals surface area contributed by atoms with E-state index in [4.69, 9.17) is 10.8 Å². The summed E-state index contributed by atoms with van der Waals surface area (Å²) in [5.41, 5.74) is 4.00. The van der Waals surface area contributed by atoms with Gasteiger partial charge in [-0.15, -0.1) is 0 Å². The highest BCUT2D eigenvalue weighted by Crippen LogP contribution is 1.83. The van der Waals surface area contributed by atoms with Crippen LogP contribution in [0.25, 0.3) is 0 Å². The highest BCUT2D eigenvalue weighted by atomic mass is 16.4. The molecule has 0 spiro atoms. The molecule has 1 aromatic rings. The molecular weight excluding hydrogens is 190 g/mol. The Hall–Kier alpha value is -1.89. The van der Waals surface area contributed by atoms with Crippen LogP contribution in [0.5, 0.6) is 0 Å². The second-order valence-electron chi connectivity index (χ2n) is 2.71. The topological polar surface area (TPSA) is 118 Å².